The highest BCUT2D eigenvalue weighted by molar-refractivity contribution is 7.20. The van der Waals surface area contributed by atoms with Crippen LogP contribution >= 0.6 is 22.9 Å². The zero-order valence-electron chi connectivity index (χ0n) is 6.80. The lowest BCUT2D eigenvalue weighted by atomic mass is 10.2. The molecule has 1 aromatic carbocycles. The van der Waals surface area contributed by atoms with E-state index in [2.05, 4.69) is 0 Å². The van der Waals surface area contributed by atoms with Gasteiger partial charge in [0.05, 0.1) is 7.11 Å². The Morgan fingerprint density at radius 2 is 2.15 bits per heavy atom. The van der Waals surface area contributed by atoms with Gasteiger partial charge in [-0.25, -0.2) is 4.39 Å². The number of ether oxygens (including phenoxy) is 1. The Hall–Kier alpha value is -0.800. The van der Waals surface area contributed by atoms with Gasteiger partial charge in [0.1, 0.15) is 5.82 Å². The number of hydrogen-bond donors (Lipinski definition) is 0. The summed E-state index contributed by atoms with van der Waals surface area (Å²) in [7, 11) is 1.56. The van der Waals surface area contributed by atoms with E-state index in [1.165, 1.54) is 17.4 Å². The van der Waals surface area contributed by atoms with Crippen molar-refractivity contribution in [1.82, 2.24) is 0 Å². The second-order valence-corrected chi connectivity index (χ2v) is 4.05. The summed E-state index contributed by atoms with van der Waals surface area (Å²) in [6.07, 6.45) is 0. The van der Waals surface area contributed by atoms with Crippen LogP contribution in [0.1, 0.15) is 0 Å². The Morgan fingerprint density at radius 3 is 2.85 bits per heavy atom. The average molecular weight is 217 g/mol. The second-order valence-electron chi connectivity index (χ2n) is 2.57. The third-order valence-electron chi connectivity index (χ3n) is 1.73. The Balaban J connectivity index is 2.75. The lowest BCUT2D eigenvalue weighted by Crippen LogP contribution is -1.75. The van der Waals surface area contributed by atoms with Gasteiger partial charge >= 0.3 is 0 Å². The maximum atomic E-state index is 13.3. The summed E-state index contributed by atoms with van der Waals surface area (Å²) >= 11 is 7.08. The minimum Gasteiger partial charge on any atom is -0.487 e. The molecule has 1 nitrogen and oxygen atoms in total. The molecule has 0 fully saturated rings. The predicted octanol–water partition coefficient (Wildman–Crippen LogP) is 3.70. The van der Waals surface area contributed by atoms with Gasteiger partial charge in [-0.2, -0.15) is 0 Å². The van der Waals surface area contributed by atoms with Crippen molar-refractivity contribution in [3.8, 4) is 5.06 Å². The minimum absolute atomic E-state index is 0.304. The molecule has 0 radical (unpaired) electrons. The first-order chi connectivity index (χ1) is 6.20. The summed E-state index contributed by atoms with van der Waals surface area (Å²) in [4.78, 5) is 0. The third kappa shape index (κ3) is 1.49. The highest BCUT2D eigenvalue weighted by Crippen LogP contribution is 2.34. The maximum absolute atomic E-state index is 13.3. The molecule has 4 heteroatoms. The average Bonchev–Trinajstić information content (AvgIpc) is 2.47. The molecule has 2 rings (SSSR count). The molecule has 68 valence electrons. The predicted molar refractivity (Wildman–Crippen MR) is 53.3 cm³/mol. The molecular formula is C9H6ClFOS. The van der Waals surface area contributed by atoms with Gasteiger partial charge < -0.3 is 4.74 Å². The molecule has 0 aliphatic rings. The SMILES string of the molecule is COc1cc2c(F)cc(Cl)cc2s1. The fourth-order valence-corrected chi connectivity index (χ4v) is 2.34. The number of fused-ring (bicyclic) bond motifs is 1. The molecule has 0 aliphatic carbocycles. The Morgan fingerprint density at radius 1 is 1.38 bits per heavy atom. The number of hydrogen-bond acceptors (Lipinski definition) is 2. The van der Waals surface area contributed by atoms with Crippen LogP contribution in [-0.2, 0) is 0 Å². The van der Waals surface area contributed by atoms with E-state index in [4.69, 9.17) is 16.3 Å². The van der Waals surface area contributed by atoms with Crippen LogP contribution in [0.15, 0.2) is 18.2 Å². The molecule has 0 aliphatic heterocycles. The molecular weight excluding hydrogens is 211 g/mol. The summed E-state index contributed by atoms with van der Waals surface area (Å²) in [5, 5.41) is 1.66. The summed E-state index contributed by atoms with van der Waals surface area (Å²) in [5.41, 5.74) is 0. The molecule has 0 amide bonds. The smallest absolute Gasteiger partial charge is 0.174 e. The largest absolute Gasteiger partial charge is 0.487 e. The molecule has 0 bridgehead atoms. The van der Waals surface area contributed by atoms with Crippen molar-refractivity contribution in [2.75, 3.05) is 7.11 Å². The lowest BCUT2D eigenvalue weighted by Gasteiger charge is -1.92. The first-order valence-electron chi connectivity index (χ1n) is 3.63. The van der Waals surface area contributed by atoms with Gasteiger partial charge in [-0.1, -0.05) is 22.9 Å². The normalized spacial score (nSPS) is 10.7. The monoisotopic (exact) mass is 216 g/mol. The number of rotatable bonds is 1. The zero-order valence-corrected chi connectivity index (χ0v) is 8.38. The van der Waals surface area contributed by atoms with E-state index in [9.17, 15) is 4.39 Å². The van der Waals surface area contributed by atoms with E-state index in [1.807, 2.05) is 0 Å². The van der Waals surface area contributed by atoms with E-state index in [0.717, 1.165) is 4.70 Å². The van der Waals surface area contributed by atoms with Crippen molar-refractivity contribution in [1.29, 1.82) is 0 Å². The quantitative estimate of drug-likeness (QED) is 0.706. The van der Waals surface area contributed by atoms with Crippen LogP contribution in [-0.4, -0.2) is 7.11 Å². The van der Waals surface area contributed by atoms with Gasteiger partial charge in [0.2, 0.25) is 0 Å². The van der Waals surface area contributed by atoms with Crippen molar-refractivity contribution >= 4 is 33.0 Å². The highest BCUT2D eigenvalue weighted by Gasteiger charge is 2.07. The molecule has 0 spiro atoms. The highest BCUT2D eigenvalue weighted by atomic mass is 35.5. The van der Waals surface area contributed by atoms with Gasteiger partial charge in [0.25, 0.3) is 0 Å². The summed E-state index contributed by atoms with van der Waals surface area (Å²) in [5.74, 6) is -0.304. The molecule has 1 aromatic heterocycles. The van der Waals surface area contributed by atoms with Gasteiger partial charge in [-0.3, -0.25) is 0 Å². The third-order valence-corrected chi connectivity index (χ3v) is 2.99. The van der Waals surface area contributed by atoms with Gasteiger partial charge in [-0.05, 0) is 12.1 Å². The zero-order chi connectivity index (χ0) is 9.42. The first kappa shape index (κ1) is 8.78. The van der Waals surface area contributed by atoms with Crippen LogP contribution in [0.25, 0.3) is 10.1 Å². The fraction of sp³-hybridized carbons (Fsp3) is 0.111. The van der Waals surface area contributed by atoms with Crippen LogP contribution in [0.3, 0.4) is 0 Å². The molecule has 13 heavy (non-hydrogen) atoms. The molecule has 1 heterocycles. The van der Waals surface area contributed by atoms with Gasteiger partial charge in [0, 0.05) is 21.2 Å². The van der Waals surface area contributed by atoms with Crippen LogP contribution < -0.4 is 4.74 Å². The number of thiophene rings is 1. The first-order valence-corrected chi connectivity index (χ1v) is 4.83. The maximum Gasteiger partial charge on any atom is 0.174 e. The Kier molecular flexibility index (Phi) is 2.14. The Bertz CT molecular complexity index is 452. The van der Waals surface area contributed by atoms with Crippen LogP contribution in [0.4, 0.5) is 4.39 Å². The van der Waals surface area contributed by atoms with E-state index in [1.54, 1.807) is 19.2 Å². The van der Waals surface area contributed by atoms with E-state index in [-0.39, 0.29) is 5.82 Å². The van der Waals surface area contributed by atoms with Crippen LogP contribution in [0, 0.1) is 5.82 Å². The van der Waals surface area contributed by atoms with Gasteiger partial charge in [-0.15, -0.1) is 0 Å². The van der Waals surface area contributed by atoms with E-state index < -0.39 is 0 Å². The number of benzene rings is 1. The van der Waals surface area contributed by atoms with E-state index >= 15 is 0 Å². The molecule has 0 unspecified atom stereocenters. The van der Waals surface area contributed by atoms with Crippen molar-refractivity contribution in [3.63, 3.8) is 0 Å². The molecule has 0 N–H and O–H groups in total. The van der Waals surface area contributed by atoms with Crippen molar-refractivity contribution in [2.45, 2.75) is 0 Å². The number of methoxy groups -OCH3 is 1. The lowest BCUT2D eigenvalue weighted by molar-refractivity contribution is 0.427. The molecule has 0 saturated heterocycles. The van der Waals surface area contributed by atoms with Gasteiger partial charge in [0.15, 0.2) is 5.06 Å². The standard InChI is InChI=1S/C9H6ClFOS/c1-12-9-4-6-7(11)2-5(10)3-8(6)13-9/h2-4H,1H3. The Labute approximate surface area is 83.7 Å². The topological polar surface area (TPSA) is 9.23 Å². The van der Waals surface area contributed by atoms with Crippen molar-refractivity contribution in [3.05, 3.63) is 29.0 Å². The second kappa shape index (κ2) is 3.16. The van der Waals surface area contributed by atoms with E-state index in [0.29, 0.717) is 15.5 Å². The fourth-order valence-electron chi connectivity index (χ4n) is 1.14. The van der Waals surface area contributed by atoms with Crippen LogP contribution in [0.5, 0.6) is 5.06 Å². The summed E-state index contributed by atoms with van der Waals surface area (Å²) in [6.45, 7) is 0. The minimum atomic E-state index is -0.304. The molecule has 0 saturated carbocycles. The molecule has 2 aromatic rings. The van der Waals surface area contributed by atoms with Crippen LogP contribution in [0.2, 0.25) is 5.02 Å². The van der Waals surface area contributed by atoms with Crippen molar-refractivity contribution < 1.29 is 9.13 Å². The molecule has 0 atom stereocenters. The number of halogens is 2. The summed E-state index contributed by atoms with van der Waals surface area (Å²) in [6, 6.07) is 4.70. The summed E-state index contributed by atoms with van der Waals surface area (Å²) < 4.78 is 19.1. The van der Waals surface area contributed by atoms with Crippen molar-refractivity contribution in [2.24, 2.45) is 0 Å².